The number of hydrogen-bond acceptors (Lipinski definition) is 3. The third kappa shape index (κ3) is 16.4. The molecule has 2 nitrogen and oxygen atoms in total. The minimum Gasteiger partial charge on any atom is -0.396 e. The van der Waals surface area contributed by atoms with Crippen LogP contribution >= 0.6 is 11.8 Å². The van der Waals surface area contributed by atoms with E-state index in [1.165, 1.54) is 134 Å². The van der Waals surface area contributed by atoms with Crippen LogP contribution in [0.3, 0.4) is 0 Å². The first-order valence-electron chi connectivity index (χ1n) is 11.8. The van der Waals surface area contributed by atoms with Gasteiger partial charge in [0.25, 0.3) is 0 Å². The molecule has 0 atom stereocenters. The average molecular weight is 386 g/mol. The lowest BCUT2D eigenvalue weighted by molar-refractivity contribution is 0.282. The van der Waals surface area contributed by atoms with Gasteiger partial charge < -0.3 is 10.0 Å². The molecule has 156 valence electrons. The maximum atomic E-state index is 8.73. The van der Waals surface area contributed by atoms with Crippen molar-refractivity contribution in [1.82, 2.24) is 4.90 Å². The summed E-state index contributed by atoms with van der Waals surface area (Å²) < 4.78 is 0. The molecule has 0 spiro atoms. The van der Waals surface area contributed by atoms with E-state index in [0.717, 1.165) is 6.42 Å². The summed E-state index contributed by atoms with van der Waals surface area (Å²) >= 11 is 2.12. The van der Waals surface area contributed by atoms with Crippen molar-refractivity contribution < 1.29 is 5.11 Å². The number of rotatable bonds is 19. The zero-order valence-corrected chi connectivity index (χ0v) is 18.4. The van der Waals surface area contributed by atoms with Crippen LogP contribution in [-0.2, 0) is 0 Å². The van der Waals surface area contributed by atoms with Gasteiger partial charge in [0.15, 0.2) is 0 Å². The number of hydrogen-bond donors (Lipinski definition) is 1. The van der Waals surface area contributed by atoms with E-state index in [9.17, 15) is 0 Å². The molecule has 0 aromatic rings. The molecule has 1 aliphatic heterocycles. The molecular formula is C23H47NOS. The van der Waals surface area contributed by atoms with Crippen LogP contribution in [0.25, 0.3) is 0 Å². The molecule has 0 saturated carbocycles. The van der Waals surface area contributed by atoms with E-state index < -0.39 is 0 Å². The van der Waals surface area contributed by atoms with E-state index in [0.29, 0.717) is 6.61 Å². The van der Waals surface area contributed by atoms with Gasteiger partial charge >= 0.3 is 0 Å². The highest BCUT2D eigenvalue weighted by atomic mass is 32.2. The Kier molecular flexibility index (Phi) is 18.7. The van der Waals surface area contributed by atoms with Crippen molar-refractivity contribution in [2.24, 2.45) is 0 Å². The average Bonchev–Trinajstić information content (AvgIpc) is 2.68. The third-order valence-electron chi connectivity index (χ3n) is 5.74. The first-order valence-corrected chi connectivity index (χ1v) is 13.0. The molecule has 26 heavy (non-hydrogen) atoms. The largest absolute Gasteiger partial charge is 0.396 e. The summed E-state index contributed by atoms with van der Waals surface area (Å²) in [5, 5.41) is 8.73. The molecule has 1 fully saturated rings. The maximum Gasteiger partial charge on any atom is 0.0431 e. The fourth-order valence-corrected chi connectivity index (χ4v) is 4.90. The monoisotopic (exact) mass is 385 g/mol. The van der Waals surface area contributed by atoms with E-state index in [1.54, 1.807) is 0 Å². The van der Waals surface area contributed by atoms with Crippen LogP contribution in [0.1, 0.15) is 109 Å². The molecule has 0 amide bonds. The molecule has 1 N–H and O–H groups in total. The van der Waals surface area contributed by atoms with Crippen molar-refractivity contribution in [2.45, 2.75) is 109 Å². The summed E-state index contributed by atoms with van der Waals surface area (Å²) in [6, 6.07) is 0. The first-order chi connectivity index (χ1) is 12.9. The van der Waals surface area contributed by atoms with Crippen LogP contribution in [0, 0.1) is 0 Å². The van der Waals surface area contributed by atoms with Gasteiger partial charge in [-0.1, -0.05) is 96.3 Å². The number of nitrogens with zero attached hydrogens (tertiary/aromatic N) is 1. The molecule has 0 radical (unpaired) electrons. The van der Waals surface area contributed by atoms with Gasteiger partial charge in [-0.2, -0.15) is 11.8 Å². The topological polar surface area (TPSA) is 23.5 Å². The number of aliphatic hydroxyl groups is 1. The van der Waals surface area contributed by atoms with Crippen LogP contribution in [0.4, 0.5) is 0 Å². The predicted octanol–water partition coefficient (Wildman–Crippen LogP) is 6.66. The summed E-state index contributed by atoms with van der Waals surface area (Å²) in [7, 11) is 0. The van der Waals surface area contributed by atoms with E-state index in [4.69, 9.17) is 5.11 Å². The van der Waals surface area contributed by atoms with Gasteiger partial charge in [0.1, 0.15) is 0 Å². The Morgan fingerprint density at radius 1 is 0.500 bits per heavy atom. The molecule has 1 heterocycles. The second-order valence-corrected chi connectivity index (χ2v) is 9.41. The lowest BCUT2D eigenvalue weighted by atomic mass is 10.0. The minimum absolute atomic E-state index is 0.373. The number of unbranched alkanes of at least 4 members (excludes halogenated alkanes) is 16. The summed E-state index contributed by atoms with van der Waals surface area (Å²) in [6.07, 6.45) is 23.7. The number of aliphatic hydroxyl groups excluding tert-OH is 1. The molecular weight excluding hydrogens is 338 g/mol. The fourth-order valence-electron chi connectivity index (χ4n) is 3.92. The van der Waals surface area contributed by atoms with Crippen molar-refractivity contribution in [2.75, 3.05) is 37.7 Å². The first kappa shape index (κ1) is 24.3. The van der Waals surface area contributed by atoms with Crippen LogP contribution in [0.15, 0.2) is 0 Å². The Morgan fingerprint density at radius 2 is 0.846 bits per heavy atom. The van der Waals surface area contributed by atoms with Crippen LogP contribution in [0.2, 0.25) is 0 Å². The molecule has 1 saturated heterocycles. The predicted molar refractivity (Wildman–Crippen MR) is 119 cm³/mol. The molecule has 1 rings (SSSR count). The summed E-state index contributed by atoms with van der Waals surface area (Å²) in [5.41, 5.74) is 0. The quantitative estimate of drug-likeness (QED) is 0.251. The highest BCUT2D eigenvalue weighted by molar-refractivity contribution is 7.99. The van der Waals surface area contributed by atoms with Crippen molar-refractivity contribution in [3.63, 3.8) is 0 Å². The highest BCUT2D eigenvalue weighted by Gasteiger charge is 2.08. The molecule has 0 aromatic carbocycles. The highest BCUT2D eigenvalue weighted by Crippen LogP contribution is 2.14. The van der Waals surface area contributed by atoms with Crippen molar-refractivity contribution in [3.05, 3.63) is 0 Å². The molecule has 0 aliphatic carbocycles. The van der Waals surface area contributed by atoms with Crippen molar-refractivity contribution in [3.8, 4) is 0 Å². The lowest BCUT2D eigenvalue weighted by Gasteiger charge is -2.25. The van der Waals surface area contributed by atoms with Gasteiger partial charge in [0, 0.05) is 31.2 Å². The third-order valence-corrected chi connectivity index (χ3v) is 6.68. The number of thioether (sulfide) groups is 1. The lowest BCUT2D eigenvalue weighted by Crippen LogP contribution is -2.33. The van der Waals surface area contributed by atoms with Gasteiger partial charge in [0.2, 0.25) is 0 Å². The van der Waals surface area contributed by atoms with E-state index in [1.807, 2.05) is 0 Å². The van der Waals surface area contributed by atoms with Crippen molar-refractivity contribution >= 4 is 11.8 Å². The smallest absolute Gasteiger partial charge is 0.0431 e. The Morgan fingerprint density at radius 3 is 1.23 bits per heavy atom. The maximum absolute atomic E-state index is 8.73. The normalized spacial score (nSPS) is 15.6. The summed E-state index contributed by atoms with van der Waals surface area (Å²) in [5.74, 6) is 2.71. The zero-order chi connectivity index (χ0) is 18.5. The second kappa shape index (κ2) is 20.0. The van der Waals surface area contributed by atoms with Gasteiger partial charge in [-0.15, -0.1) is 0 Å². The second-order valence-electron chi connectivity index (χ2n) is 8.19. The van der Waals surface area contributed by atoms with Crippen molar-refractivity contribution in [1.29, 1.82) is 0 Å². The summed E-state index contributed by atoms with van der Waals surface area (Å²) in [4.78, 5) is 2.66. The SMILES string of the molecule is OCCCCCCCCCCCCCCCCCCCN1CCSCC1. The molecule has 1 aliphatic rings. The summed E-state index contributed by atoms with van der Waals surface area (Å²) in [6.45, 7) is 4.38. The molecule has 0 unspecified atom stereocenters. The van der Waals surface area contributed by atoms with E-state index in [2.05, 4.69) is 16.7 Å². The minimum atomic E-state index is 0.373. The molecule has 0 aromatic heterocycles. The van der Waals surface area contributed by atoms with Gasteiger partial charge in [-0.3, -0.25) is 0 Å². The van der Waals surface area contributed by atoms with Gasteiger partial charge in [-0.25, -0.2) is 0 Å². The van der Waals surface area contributed by atoms with Crippen LogP contribution in [0.5, 0.6) is 0 Å². The van der Waals surface area contributed by atoms with Gasteiger partial charge in [-0.05, 0) is 19.4 Å². The van der Waals surface area contributed by atoms with Crippen LogP contribution < -0.4 is 0 Å². The zero-order valence-electron chi connectivity index (χ0n) is 17.6. The van der Waals surface area contributed by atoms with Gasteiger partial charge in [0.05, 0.1) is 0 Å². The fraction of sp³-hybridized carbons (Fsp3) is 1.00. The Hall–Kier alpha value is 0.270. The Bertz CT molecular complexity index is 269. The van der Waals surface area contributed by atoms with Crippen LogP contribution in [-0.4, -0.2) is 47.8 Å². The van der Waals surface area contributed by atoms with E-state index in [-0.39, 0.29) is 0 Å². The Labute approximate surface area is 168 Å². The molecule has 3 heteroatoms. The molecule has 0 bridgehead atoms. The van der Waals surface area contributed by atoms with E-state index >= 15 is 0 Å². The Balaban J connectivity index is 1.65. The standard InChI is InChI=1S/C23H47NOS/c25-21-17-15-13-11-9-7-5-3-1-2-4-6-8-10-12-14-16-18-24-19-22-26-23-20-24/h25H,1-23H2.